The van der Waals surface area contributed by atoms with E-state index >= 15 is 0 Å². The molecule has 0 unspecified atom stereocenters. The second-order valence-electron chi connectivity index (χ2n) is 3.55. The molecule has 0 bridgehead atoms. The number of sulfone groups is 1. The molecule has 0 aromatic heterocycles. The van der Waals surface area contributed by atoms with Gasteiger partial charge in [-0.1, -0.05) is 18.5 Å². The Morgan fingerprint density at radius 2 is 2.06 bits per heavy atom. The van der Waals surface area contributed by atoms with Crippen LogP contribution in [0.2, 0.25) is 5.02 Å². The summed E-state index contributed by atoms with van der Waals surface area (Å²) in [5.41, 5.74) is 0.0723. The normalized spacial score (nSPS) is 11.2. The van der Waals surface area contributed by atoms with Gasteiger partial charge in [0.25, 0.3) is 0 Å². The molecule has 1 aromatic rings. The van der Waals surface area contributed by atoms with Crippen LogP contribution >= 0.6 is 11.6 Å². The SMILES string of the molecule is CCCOC(=O)c1cc(S(C)(=O)=O)ccc1Cl. The lowest BCUT2D eigenvalue weighted by Crippen LogP contribution is -2.08. The first-order valence-electron chi connectivity index (χ1n) is 5.03. The molecule has 1 aromatic carbocycles. The highest BCUT2D eigenvalue weighted by Gasteiger charge is 2.16. The first-order chi connectivity index (χ1) is 7.86. The van der Waals surface area contributed by atoms with Crippen LogP contribution in [0.3, 0.4) is 0 Å². The molecule has 0 atom stereocenters. The monoisotopic (exact) mass is 276 g/mol. The van der Waals surface area contributed by atoms with Crippen LogP contribution in [0, 0.1) is 0 Å². The van der Waals surface area contributed by atoms with Gasteiger partial charge >= 0.3 is 5.97 Å². The minimum Gasteiger partial charge on any atom is -0.462 e. The van der Waals surface area contributed by atoms with Crippen LogP contribution in [0.15, 0.2) is 23.1 Å². The van der Waals surface area contributed by atoms with Gasteiger partial charge in [-0.2, -0.15) is 0 Å². The molecule has 0 heterocycles. The number of carbonyl (C=O) groups excluding carboxylic acids is 1. The molecule has 1 rings (SSSR count). The van der Waals surface area contributed by atoms with E-state index in [0.29, 0.717) is 6.42 Å². The second kappa shape index (κ2) is 5.51. The molecule has 17 heavy (non-hydrogen) atoms. The summed E-state index contributed by atoms with van der Waals surface area (Å²) in [6, 6.07) is 3.96. The lowest BCUT2D eigenvalue weighted by Gasteiger charge is -2.06. The van der Waals surface area contributed by atoms with Gasteiger partial charge < -0.3 is 4.74 Å². The molecule has 0 radical (unpaired) electrons. The van der Waals surface area contributed by atoms with Gasteiger partial charge in [0, 0.05) is 6.26 Å². The van der Waals surface area contributed by atoms with Crippen molar-refractivity contribution in [3.8, 4) is 0 Å². The zero-order chi connectivity index (χ0) is 13.1. The fraction of sp³-hybridized carbons (Fsp3) is 0.364. The largest absolute Gasteiger partial charge is 0.462 e. The summed E-state index contributed by atoms with van der Waals surface area (Å²) in [6.45, 7) is 2.14. The van der Waals surface area contributed by atoms with Crippen molar-refractivity contribution in [2.45, 2.75) is 18.2 Å². The average molecular weight is 277 g/mol. The maximum Gasteiger partial charge on any atom is 0.339 e. The van der Waals surface area contributed by atoms with E-state index in [4.69, 9.17) is 16.3 Å². The summed E-state index contributed by atoms with van der Waals surface area (Å²) in [7, 11) is -3.36. The predicted octanol–water partition coefficient (Wildman–Crippen LogP) is 2.31. The van der Waals surface area contributed by atoms with Crippen LogP contribution in [-0.4, -0.2) is 27.2 Å². The van der Waals surface area contributed by atoms with E-state index < -0.39 is 15.8 Å². The number of benzene rings is 1. The lowest BCUT2D eigenvalue weighted by molar-refractivity contribution is 0.0505. The topological polar surface area (TPSA) is 60.4 Å². The molecular formula is C11H13ClO4S. The number of carbonyl (C=O) groups is 1. The van der Waals surface area contributed by atoms with Crippen LogP contribution in [0.25, 0.3) is 0 Å². The fourth-order valence-electron chi connectivity index (χ4n) is 1.16. The minimum absolute atomic E-state index is 0.0466. The molecule has 0 amide bonds. The fourth-order valence-corrected chi connectivity index (χ4v) is 2.01. The van der Waals surface area contributed by atoms with Crippen molar-refractivity contribution in [3.05, 3.63) is 28.8 Å². The Balaban J connectivity index is 3.11. The number of rotatable bonds is 4. The number of esters is 1. The van der Waals surface area contributed by atoms with Crippen LogP contribution in [0.1, 0.15) is 23.7 Å². The molecule has 0 aliphatic carbocycles. The van der Waals surface area contributed by atoms with E-state index in [9.17, 15) is 13.2 Å². The summed E-state index contributed by atoms with van der Waals surface area (Å²) < 4.78 is 27.6. The Morgan fingerprint density at radius 3 is 2.59 bits per heavy atom. The first-order valence-corrected chi connectivity index (χ1v) is 7.30. The van der Waals surface area contributed by atoms with E-state index in [1.54, 1.807) is 0 Å². The molecule has 0 saturated heterocycles. The summed E-state index contributed by atoms with van der Waals surface area (Å²) in [5, 5.41) is 0.179. The highest BCUT2D eigenvalue weighted by molar-refractivity contribution is 7.90. The van der Waals surface area contributed by atoms with Gasteiger partial charge in [0.05, 0.1) is 22.1 Å². The minimum atomic E-state index is -3.36. The first kappa shape index (κ1) is 14.0. The number of hydrogen-bond donors (Lipinski definition) is 0. The van der Waals surface area contributed by atoms with Crippen molar-refractivity contribution in [1.29, 1.82) is 0 Å². The zero-order valence-electron chi connectivity index (χ0n) is 9.57. The van der Waals surface area contributed by atoms with E-state index in [-0.39, 0.29) is 22.1 Å². The third-order valence-corrected chi connectivity index (χ3v) is 3.46. The Bertz CT molecular complexity index is 522. The Labute approximate surface area is 105 Å². The molecule has 0 spiro atoms. The maximum absolute atomic E-state index is 11.6. The molecule has 94 valence electrons. The highest BCUT2D eigenvalue weighted by atomic mass is 35.5. The molecular weight excluding hydrogens is 264 g/mol. The summed E-state index contributed by atoms with van der Waals surface area (Å²) in [4.78, 5) is 11.6. The Morgan fingerprint density at radius 1 is 1.41 bits per heavy atom. The van der Waals surface area contributed by atoms with Crippen molar-refractivity contribution < 1.29 is 17.9 Å². The smallest absolute Gasteiger partial charge is 0.339 e. The quantitative estimate of drug-likeness (QED) is 0.792. The van der Waals surface area contributed by atoms with Gasteiger partial charge in [0.1, 0.15) is 0 Å². The van der Waals surface area contributed by atoms with Crippen LogP contribution in [0.4, 0.5) is 0 Å². The van der Waals surface area contributed by atoms with Gasteiger partial charge in [-0.05, 0) is 24.6 Å². The van der Waals surface area contributed by atoms with Crippen molar-refractivity contribution in [3.63, 3.8) is 0 Å². The van der Waals surface area contributed by atoms with E-state index in [0.717, 1.165) is 6.26 Å². The van der Waals surface area contributed by atoms with Crippen LogP contribution < -0.4 is 0 Å². The van der Waals surface area contributed by atoms with E-state index in [2.05, 4.69) is 0 Å². The Hall–Kier alpha value is -1.07. The van der Waals surface area contributed by atoms with E-state index in [1.807, 2.05) is 6.92 Å². The van der Waals surface area contributed by atoms with Crippen molar-refractivity contribution in [2.75, 3.05) is 12.9 Å². The molecule has 0 saturated carbocycles. The van der Waals surface area contributed by atoms with Gasteiger partial charge in [0.2, 0.25) is 0 Å². The van der Waals surface area contributed by atoms with Gasteiger partial charge in [0.15, 0.2) is 9.84 Å². The van der Waals surface area contributed by atoms with Crippen LogP contribution in [0.5, 0.6) is 0 Å². The van der Waals surface area contributed by atoms with Crippen molar-refractivity contribution >= 4 is 27.4 Å². The third-order valence-electron chi connectivity index (χ3n) is 2.02. The molecule has 6 heteroatoms. The van der Waals surface area contributed by atoms with Gasteiger partial charge in [-0.15, -0.1) is 0 Å². The maximum atomic E-state index is 11.6. The zero-order valence-corrected chi connectivity index (χ0v) is 11.1. The molecule has 4 nitrogen and oxygen atoms in total. The molecule has 0 fully saturated rings. The highest BCUT2D eigenvalue weighted by Crippen LogP contribution is 2.21. The standard InChI is InChI=1S/C11H13ClO4S/c1-3-6-16-11(13)9-7-8(17(2,14)15)4-5-10(9)12/h4-5,7H,3,6H2,1-2H3. The molecule has 0 aliphatic heterocycles. The third kappa shape index (κ3) is 3.71. The van der Waals surface area contributed by atoms with Gasteiger partial charge in [-0.25, -0.2) is 13.2 Å². The van der Waals surface area contributed by atoms with Gasteiger partial charge in [-0.3, -0.25) is 0 Å². The lowest BCUT2D eigenvalue weighted by atomic mass is 10.2. The van der Waals surface area contributed by atoms with Crippen molar-refractivity contribution in [2.24, 2.45) is 0 Å². The second-order valence-corrected chi connectivity index (χ2v) is 5.97. The summed E-state index contributed by atoms with van der Waals surface area (Å²) in [6.07, 6.45) is 1.76. The van der Waals surface area contributed by atoms with E-state index in [1.165, 1.54) is 18.2 Å². The Kier molecular flexibility index (Phi) is 4.54. The number of hydrogen-bond acceptors (Lipinski definition) is 4. The summed E-state index contributed by atoms with van der Waals surface area (Å²) >= 11 is 5.82. The van der Waals surface area contributed by atoms with Crippen molar-refractivity contribution in [1.82, 2.24) is 0 Å². The summed E-state index contributed by atoms with van der Waals surface area (Å²) in [5.74, 6) is -0.609. The van der Waals surface area contributed by atoms with Crippen LogP contribution in [-0.2, 0) is 14.6 Å². The average Bonchev–Trinajstić information content (AvgIpc) is 2.24. The predicted molar refractivity (Wildman–Crippen MR) is 65.1 cm³/mol. The number of ether oxygens (including phenoxy) is 1. The number of halogens is 1. The molecule has 0 aliphatic rings. The molecule has 0 N–H and O–H groups in total.